The second-order valence-electron chi connectivity index (χ2n) is 7.11. The molecule has 2 aliphatic heterocycles. The molecular weight excluding hydrogens is 304 g/mol. The lowest BCUT2D eigenvalue weighted by molar-refractivity contribution is 0.0696. The zero-order valence-electron chi connectivity index (χ0n) is 14.7. The molecule has 24 heavy (non-hydrogen) atoms. The highest BCUT2D eigenvalue weighted by atomic mass is 16.4. The number of nitrogens with zero attached hydrogens (tertiary/aromatic N) is 4. The molecule has 2 aliphatic rings. The Morgan fingerprint density at radius 3 is 2.38 bits per heavy atom. The summed E-state index contributed by atoms with van der Waals surface area (Å²) in [7, 11) is 2.20. The van der Waals surface area contributed by atoms with E-state index in [0.717, 1.165) is 24.8 Å². The molecule has 0 unspecified atom stereocenters. The van der Waals surface area contributed by atoms with Crippen LogP contribution < -0.4 is 4.90 Å². The van der Waals surface area contributed by atoms with Crippen LogP contribution in [0.5, 0.6) is 0 Å². The van der Waals surface area contributed by atoms with E-state index in [2.05, 4.69) is 33.7 Å². The maximum absolute atomic E-state index is 10.9. The predicted octanol–water partition coefficient (Wildman–Crippen LogP) is 1.63. The van der Waals surface area contributed by atoms with Crippen molar-refractivity contribution in [1.82, 2.24) is 14.8 Å². The summed E-state index contributed by atoms with van der Waals surface area (Å²) in [6.07, 6.45) is 3.81. The smallest absolute Gasteiger partial charge is 0.337 e. The molecule has 1 aromatic heterocycles. The standard InChI is InChI=1S/C18H28N4O2/c1-14(21-11-9-20(2)10-12-21)15-5-7-22(8-6-15)17-4-3-16(13-19-17)18(23)24/h3-4,13-15H,5-12H2,1-2H3,(H,23,24)/t14-/m1/s1. The van der Waals surface area contributed by atoms with Crippen LogP contribution in [0.25, 0.3) is 0 Å². The first-order chi connectivity index (χ1) is 11.5. The van der Waals surface area contributed by atoms with Gasteiger partial charge in [0.1, 0.15) is 5.82 Å². The van der Waals surface area contributed by atoms with E-state index in [1.807, 2.05) is 6.07 Å². The van der Waals surface area contributed by atoms with Gasteiger partial charge in [-0.05, 0) is 44.9 Å². The fourth-order valence-electron chi connectivity index (χ4n) is 3.84. The van der Waals surface area contributed by atoms with Gasteiger partial charge < -0.3 is 14.9 Å². The fourth-order valence-corrected chi connectivity index (χ4v) is 3.84. The third kappa shape index (κ3) is 3.87. The molecule has 1 atom stereocenters. The van der Waals surface area contributed by atoms with Gasteiger partial charge >= 0.3 is 5.97 Å². The van der Waals surface area contributed by atoms with Crippen LogP contribution in [0.1, 0.15) is 30.1 Å². The van der Waals surface area contributed by atoms with Crippen molar-refractivity contribution in [3.63, 3.8) is 0 Å². The molecule has 6 heteroatoms. The second-order valence-corrected chi connectivity index (χ2v) is 7.11. The first-order valence-corrected chi connectivity index (χ1v) is 8.91. The van der Waals surface area contributed by atoms with Gasteiger partial charge in [-0.15, -0.1) is 0 Å². The average molecular weight is 332 g/mol. The summed E-state index contributed by atoms with van der Waals surface area (Å²) in [6, 6.07) is 4.11. The van der Waals surface area contributed by atoms with E-state index in [-0.39, 0.29) is 5.56 Å². The first-order valence-electron chi connectivity index (χ1n) is 8.91. The molecule has 0 amide bonds. The Kier molecular flexibility index (Phi) is 5.36. The number of rotatable bonds is 4. The summed E-state index contributed by atoms with van der Waals surface area (Å²) in [5, 5.41) is 8.96. The number of pyridine rings is 1. The lowest BCUT2D eigenvalue weighted by Crippen LogP contribution is -2.51. The molecule has 6 nitrogen and oxygen atoms in total. The van der Waals surface area contributed by atoms with Gasteiger partial charge in [-0.2, -0.15) is 0 Å². The van der Waals surface area contributed by atoms with Crippen LogP contribution in [0, 0.1) is 5.92 Å². The lowest BCUT2D eigenvalue weighted by Gasteiger charge is -2.42. The van der Waals surface area contributed by atoms with E-state index in [4.69, 9.17) is 5.11 Å². The Bertz CT molecular complexity index is 547. The van der Waals surface area contributed by atoms with Crippen LogP contribution in [0.2, 0.25) is 0 Å². The van der Waals surface area contributed by atoms with Gasteiger partial charge in [0.2, 0.25) is 0 Å². The van der Waals surface area contributed by atoms with Gasteiger partial charge in [-0.3, -0.25) is 4.90 Å². The summed E-state index contributed by atoms with van der Waals surface area (Å²) in [4.78, 5) is 22.6. The highest BCUT2D eigenvalue weighted by Gasteiger charge is 2.29. The molecule has 1 aromatic rings. The van der Waals surface area contributed by atoms with E-state index >= 15 is 0 Å². The minimum atomic E-state index is -0.922. The number of carbonyl (C=O) groups is 1. The normalized spacial score (nSPS) is 22.5. The number of hydrogen-bond acceptors (Lipinski definition) is 5. The quantitative estimate of drug-likeness (QED) is 0.904. The molecule has 0 aromatic carbocycles. The number of hydrogen-bond donors (Lipinski definition) is 1. The first kappa shape index (κ1) is 17.2. The molecule has 2 saturated heterocycles. The summed E-state index contributed by atoms with van der Waals surface area (Å²) >= 11 is 0. The van der Waals surface area contributed by atoms with E-state index in [0.29, 0.717) is 6.04 Å². The van der Waals surface area contributed by atoms with Crippen LogP contribution in [0.4, 0.5) is 5.82 Å². The van der Waals surface area contributed by atoms with Crippen molar-refractivity contribution in [3.8, 4) is 0 Å². The van der Waals surface area contributed by atoms with Gasteiger partial charge in [0, 0.05) is 51.5 Å². The van der Waals surface area contributed by atoms with Crippen molar-refractivity contribution >= 4 is 11.8 Å². The maximum atomic E-state index is 10.9. The molecular formula is C18H28N4O2. The van der Waals surface area contributed by atoms with Crippen molar-refractivity contribution in [3.05, 3.63) is 23.9 Å². The van der Waals surface area contributed by atoms with Crippen LogP contribution in [-0.4, -0.2) is 78.2 Å². The topological polar surface area (TPSA) is 59.9 Å². The Balaban J connectivity index is 1.52. The van der Waals surface area contributed by atoms with Crippen molar-refractivity contribution < 1.29 is 9.90 Å². The largest absolute Gasteiger partial charge is 0.478 e. The molecule has 0 saturated carbocycles. The van der Waals surface area contributed by atoms with Gasteiger partial charge in [0.05, 0.1) is 5.56 Å². The van der Waals surface area contributed by atoms with Gasteiger partial charge in [0.25, 0.3) is 0 Å². The Hall–Kier alpha value is -1.66. The zero-order valence-corrected chi connectivity index (χ0v) is 14.7. The number of likely N-dealkylation sites (N-methyl/N-ethyl adjacent to an activating group) is 1. The molecule has 2 fully saturated rings. The summed E-state index contributed by atoms with van der Waals surface area (Å²) in [6.45, 7) is 9.08. The van der Waals surface area contributed by atoms with Crippen LogP contribution in [-0.2, 0) is 0 Å². The number of carboxylic acids is 1. The van der Waals surface area contributed by atoms with Crippen LogP contribution in [0.3, 0.4) is 0 Å². The van der Waals surface area contributed by atoms with E-state index < -0.39 is 5.97 Å². The molecule has 132 valence electrons. The monoisotopic (exact) mass is 332 g/mol. The van der Waals surface area contributed by atoms with Crippen molar-refractivity contribution in [2.75, 3.05) is 51.2 Å². The number of piperazine rings is 1. The maximum Gasteiger partial charge on any atom is 0.337 e. The van der Waals surface area contributed by atoms with Gasteiger partial charge in [-0.25, -0.2) is 9.78 Å². The molecule has 1 N–H and O–H groups in total. The second kappa shape index (κ2) is 7.49. The molecule has 3 heterocycles. The molecule has 3 rings (SSSR count). The number of piperidine rings is 1. The van der Waals surface area contributed by atoms with E-state index in [9.17, 15) is 4.79 Å². The zero-order chi connectivity index (χ0) is 17.1. The van der Waals surface area contributed by atoms with Gasteiger partial charge in [-0.1, -0.05) is 0 Å². The number of anilines is 1. The molecule has 0 spiro atoms. The summed E-state index contributed by atoms with van der Waals surface area (Å²) in [5.74, 6) is 0.711. The average Bonchev–Trinajstić information content (AvgIpc) is 2.62. The Labute approximate surface area is 144 Å². The Morgan fingerprint density at radius 1 is 1.17 bits per heavy atom. The molecule has 0 aliphatic carbocycles. The highest BCUT2D eigenvalue weighted by molar-refractivity contribution is 5.87. The summed E-state index contributed by atoms with van der Waals surface area (Å²) in [5.41, 5.74) is 0.248. The van der Waals surface area contributed by atoms with Gasteiger partial charge in [0.15, 0.2) is 0 Å². The molecule has 0 radical (unpaired) electrons. The third-order valence-corrected chi connectivity index (χ3v) is 5.65. The highest BCUT2D eigenvalue weighted by Crippen LogP contribution is 2.27. The minimum absolute atomic E-state index is 0.248. The predicted molar refractivity (Wildman–Crippen MR) is 94.7 cm³/mol. The minimum Gasteiger partial charge on any atom is -0.478 e. The SMILES string of the molecule is C[C@H](C1CCN(c2ccc(C(=O)O)cn2)CC1)N1CCN(C)CC1. The number of aromatic nitrogens is 1. The fraction of sp³-hybridized carbons (Fsp3) is 0.667. The Morgan fingerprint density at radius 2 is 1.83 bits per heavy atom. The molecule has 0 bridgehead atoms. The van der Waals surface area contributed by atoms with Crippen molar-refractivity contribution in [2.24, 2.45) is 5.92 Å². The van der Waals surface area contributed by atoms with Crippen molar-refractivity contribution in [2.45, 2.75) is 25.8 Å². The number of aromatic carboxylic acids is 1. The lowest BCUT2D eigenvalue weighted by atomic mass is 9.89. The third-order valence-electron chi connectivity index (χ3n) is 5.65. The van der Waals surface area contributed by atoms with Crippen molar-refractivity contribution in [1.29, 1.82) is 0 Å². The van der Waals surface area contributed by atoms with Crippen LogP contribution in [0.15, 0.2) is 18.3 Å². The van der Waals surface area contributed by atoms with E-state index in [1.54, 1.807) is 6.07 Å². The summed E-state index contributed by atoms with van der Waals surface area (Å²) < 4.78 is 0. The van der Waals surface area contributed by atoms with E-state index in [1.165, 1.54) is 45.2 Å². The number of carboxylic acid groups (broad SMARTS) is 1. The van der Waals surface area contributed by atoms with Crippen LogP contribution >= 0.6 is 0 Å².